The van der Waals surface area contributed by atoms with E-state index in [4.69, 9.17) is 0 Å². The number of halogens is 1. The van der Waals surface area contributed by atoms with Crippen molar-refractivity contribution in [2.45, 2.75) is 12.5 Å². The van der Waals surface area contributed by atoms with Gasteiger partial charge in [0, 0.05) is 54.4 Å². The van der Waals surface area contributed by atoms with Gasteiger partial charge in [-0.1, -0.05) is 76.6 Å². The average Bonchev–Trinajstić information content (AvgIpc) is 2.79. The smallest absolute Gasteiger partial charge is 0.164 e. The van der Waals surface area contributed by atoms with Crippen LogP contribution in [0, 0.1) is 0 Å². The minimum Gasteiger partial charge on any atom is -0.369 e. The fourth-order valence-corrected chi connectivity index (χ4v) is 4.26. The fraction of sp³-hybridized carbons (Fsp3) is 0.240. The first-order chi connectivity index (χ1) is 14.2. The second kappa shape index (κ2) is 9.38. The number of ketones is 1. The van der Waals surface area contributed by atoms with Crippen molar-refractivity contribution < 1.29 is 4.79 Å². The Labute approximate surface area is 181 Å². The molecule has 0 amide bonds. The molecule has 0 aromatic heterocycles. The summed E-state index contributed by atoms with van der Waals surface area (Å²) in [5, 5.41) is 0. The van der Waals surface area contributed by atoms with E-state index in [0.29, 0.717) is 6.42 Å². The summed E-state index contributed by atoms with van der Waals surface area (Å²) < 4.78 is 0.991. The maximum absolute atomic E-state index is 13.0. The Balaban J connectivity index is 1.49. The SMILES string of the molecule is O=C(C[C@@H](c1ccccc1)N1CCN(c2ccccc2)CC1)c1ccc(Br)cc1. The topological polar surface area (TPSA) is 23.6 Å². The summed E-state index contributed by atoms with van der Waals surface area (Å²) in [6.07, 6.45) is 0.497. The first-order valence-corrected chi connectivity index (χ1v) is 10.9. The molecule has 3 aromatic rings. The second-order valence-electron chi connectivity index (χ2n) is 7.42. The third kappa shape index (κ3) is 4.95. The molecule has 1 fully saturated rings. The zero-order chi connectivity index (χ0) is 20.1. The van der Waals surface area contributed by atoms with Crippen LogP contribution in [0.4, 0.5) is 5.69 Å². The van der Waals surface area contributed by atoms with Gasteiger partial charge in [0.15, 0.2) is 5.78 Å². The monoisotopic (exact) mass is 448 g/mol. The normalized spacial score (nSPS) is 15.8. The van der Waals surface area contributed by atoms with Crippen LogP contribution in [0.2, 0.25) is 0 Å². The molecule has 148 valence electrons. The zero-order valence-electron chi connectivity index (χ0n) is 16.4. The maximum atomic E-state index is 13.0. The van der Waals surface area contributed by atoms with Crippen LogP contribution in [-0.2, 0) is 0 Å². The number of para-hydroxylation sites is 1. The van der Waals surface area contributed by atoms with Crippen LogP contribution in [0.1, 0.15) is 28.4 Å². The first kappa shape index (κ1) is 19.9. The molecule has 1 aliphatic rings. The van der Waals surface area contributed by atoms with E-state index in [-0.39, 0.29) is 11.8 Å². The highest BCUT2D eigenvalue weighted by molar-refractivity contribution is 9.10. The van der Waals surface area contributed by atoms with Gasteiger partial charge in [-0.05, 0) is 29.8 Å². The van der Waals surface area contributed by atoms with Crippen molar-refractivity contribution >= 4 is 27.4 Å². The molecule has 4 heteroatoms. The summed E-state index contributed by atoms with van der Waals surface area (Å²) in [7, 11) is 0. The van der Waals surface area contributed by atoms with E-state index in [1.807, 2.05) is 30.3 Å². The summed E-state index contributed by atoms with van der Waals surface area (Å²) in [6.45, 7) is 3.84. The van der Waals surface area contributed by atoms with Crippen molar-refractivity contribution in [1.82, 2.24) is 4.90 Å². The van der Waals surface area contributed by atoms with E-state index in [0.717, 1.165) is 36.2 Å². The van der Waals surface area contributed by atoms with Crippen LogP contribution < -0.4 is 4.90 Å². The quantitative estimate of drug-likeness (QED) is 0.459. The Morgan fingerprint density at radius 2 is 1.38 bits per heavy atom. The van der Waals surface area contributed by atoms with Gasteiger partial charge in [0.25, 0.3) is 0 Å². The van der Waals surface area contributed by atoms with Gasteiger partial charge in [0.1, 0.15) is 0 Å². The van der Waals surface area contributed by atoms with Crippen molar-refractivity contribution in [2.24, 2.45) is 0 Å². The third-order valence-electron chi connectivity index (χ3n) is 5.61. The highest BCUT2D eigenvalue weighted by Crippen LogP contribution is 2.28. The van der Waals surface area contributed by atoms with Crippen molar-refractivity contribution in [3.8, 4) is 0 Å². The van der Waals surface area contributed by atoms with Gasteiger partial charge in [0.2, 0.25) is 0 Å². The molecule has 0 saturated carbocycles. The van der Waals surface area contributed by atoms with Gasteiger partial charge in [-0.15, -0.1) is 0 Å². The molecule has 1 aliphatic heterocycles. The Morgan fingerprint density at radius 3 is 2.00 bits per heavy atom. The number of hydrogen-bond acceptors (Lipinski definition) is 3. The van der Waals surface area contributed by atoms with Crippen LogP contribution in [0.3, 0.4) is 0 Å². The van der Waals surface area contributed by atoms with Crippen molar-refractivity contribution in [3.05, 3.63) is 101 Å². The lowest BCUT2D eigenvalue weighted by Gasteiger charge is -2.40. The molecule has 1 atom stereocenters. The number of piperazine rings is 1. The number of carbonyl (C=O) groups is 1. The molecular formula is C25H25BrN2O. The molecule has 0 spiro atoms. The van der Waals surface area contributed by atoms with Gasteiger partial charge in [0.05, 0.1) is 0 Å². The number of rotatable bonds is 6. The molecule has 4 rings (SSSR count). The van der Waals surface area contributed by atoms with E-state index in [1.165, 1.54) is 11.3 Å². The number of benzene rings is 3. The summed E-state index contributed by atoms with van der Waals surface area (Å²) in [4.78, 5) is 17.9. The van der Waals surface area contributed by atoms with E-state index >= 15 is 0 Å². The van der Waals surface area contributed by atoms with Crippen molar-refractivity contribution in [1.29, 1.82) is 0 Å². The molecule has 3 nitrogen and oxygen atoms in total. The Kier molecular flexibility index (Phi) is 6.43. The molecule has 1 saturated heterocycles. The predicted molar refractivity (Wildman–Crippen MR) is 123 cm³/mol. The molecule has 0 N–H and O–H groups in total. The molecule has 1 heterocycles. The number of hydrogen-bond donors (Lipinski definition) is 0. The predicted octanol–water partition coefficient (Wildman–Crippen LogP) is 5.59. The lowest BCUT2D eigenvalue weighted by molar-refractivity contribution is 0.0910. The molecule has 0 radical (unpaired) electrons. The number of Topliss-reactive ketones (excluding diaryl/α,β-unsaturated/α-hetero) is 1. The lowest BCUT2D eigenvalue weighted by atomic mass is 9.96. The summed E-state index contributed by atoms with van der Waals surface area (Å²) in [6, 6.07) is 28.8. The highest BCUT2D eigenvalue weighted by Gasteiger charge is 2.27. The maximum Gasteiger partial charge on any atom is 0.164 e. The number of nitrogens with zero attached hydrogens (tertiary/aromatic N) is 2. The Hall–Kier alpha value is -2.43. The molecule has 0 bridgehead atoms. The highest BCUT2D eigenvalue weighted by atomic mass is 79.9. The average molecular weight is 449 g/mol. The van der Waals surface area contributed by atoms with Crippen LogP contribution in [0.25, 0.3) is 0 Å². The molecule has 29 heavy (non-hydrogen) atoms. The third-order valence-corrected chi connectivity index (χ3v) is 6.13. The lowest BCUT2D eigenvalue weighted by Crippen LogP contribution is -2.48. The summed E-state index contributed by atoms with van der Waals surface area (Å²) in [5.41, 5.74) is 3.26. The fourth-order valence-electron chi connectivity index (χ4n) is 3.99. The first-order valence-electron chi connectivity index (χ1n) is 10.1. The van der Waals surface area contributed by atoms with E-state index in [2.05, 4.69) is 80.3 Å². The van der Waals surface area contributed by atoms with Gasteiger partial charge < -0.3 is 4.90 Å². The zero-order valence-corrected chi connectivity index (χ0v) is 18.0. The summed E-state index contributed by atoms with van der Waals surface area (Å²) in [5.74, 6) is 0.192. The van der Waals surface area contributed by atoms with Gasteiger partial charge >= 0.3 is 0 Å². The van der Waals surface area contributed by atoms with E-state index < -0.39 is 0 Å². The minimum atomic E-state index is 0.102. The Morgan fingerprint density at radius 1 is 0.793 bits per heavy atom. The van der Waals surface area contributed by atoms with Gasteiger partial charge in [-0.3, -0.25) is 9.69 Å². The summed E-state index contributed by atoms with van der Waals surface area (Å²) >= 11 is 3.45. The standard InChI is InChI=1S/C25H25BrN2O/c26-22-13-11-21(12-14-22)25(29)19-24(20-7-3-1-4-8-20)28-17-15-27(16-18-28)23-9-5-2-6-10-23/h1-14,24H,15-19H2/t24-/m0/s1. The number of anilines is 1. The van der Waals surface area contributed by atoms with Gasteiger partial charge in [-0.2, -0.15) is 0 Å². The molecule has 0 unspecified atom stereocenters. The second-order valence-corrected chi connectivity index (χ2v) is 8.33. The molecule has 3 aromatic carbocycles. The van der Waals surface area contributed by atoms with Crippen LogP contribution in [-0.4, -0.2) is 36.9 Å². The van der Waals surface area contributed by atoms with Crippen molar-refractivity contribution in [3.63, 3.8) is 0 Å². The largest absolute Gasteiger partial charge is 0.369 e. The molecule has 0 aliphatic carbocycles. The van der Waals surface area contributed by atoms with Gasteiger partial charge in [-0.25, -0.2) is 0 Å². The van der Waals surface area contributed by atoms with E-state index in [1.54, 1.807) is 0 Å². The molecular weight excluding hydrogens is 424 g/mol. The van der Waals surface area contributed by atoms with E-state index in [9.17, 15) is 4.79 Å². The van der Waals surface area contributed by atoms with Crippen LogP contribution >= 0.6 is 15.9 Å². The Bertz CT molecular complexity index is 920. The van der Waals surface area contributed by atoms with Crippen molar-refractivity contribution in [2.75, 3.05) is 31.1 Å². The number of carbonyl (C=O) groups excluding carboxylic acids is 1. The van der Waals surface area contributed by atoms with Crippen LogP contribution in [0.15, 0.2) is 89.4 Å². The minimum absolute atomic E-state index is 0.102. The van der Waals surface area contributed by atoms with Crippen LogP contribution in [0.5, 0.6) is 0 Å².